The second-order valence-electron chi connectivity index (χ2n) is 12.7. The molecule has 0 fully saturated rings. The van der Waals surface area contributed by atoms with E-state index in [0.717, 1.165) is 24.3 Å². The predicted octanol–water partition coefficient (Wildman–Crippen LogP) is 10.5. The van der Waals surface area contributed by atoms with Crippen molar-refractivity contribution >= 4 is 17.5 Å². The van der Waals surface area contributed by atoms with Gasteiger partial charge in [0, 0.05) is 17.8 Å². The van der Waals surface area contributed by atoms with Gasteiger partial charge < -0.3 is 20.1 Å². The lowest BCUT2D eigenvalue weighted by Gasteiger charge is -2.47. The van der Waals surface area contributed by atoms with Crippen molar-refractivity contribution < 1.29 is 9.94 Å². The fraction of sp³-hybridized carbons (Fsp3) is 0.611. The number of unbranched alkanes of at least 4 members (excludes halogenated alkanes) is 15. The number of para-hydroxylation sites is 1. The van der Waals surface area contributed by atoms with Crippen LogP contribution in [-0.2, 0) is 5.41 Å². The van der Waals surface area contributed by atoms with Gasteiger partial charge in [0.05, 0.1) is 11.1 Å². The van der Waals surface area contributed by atoms with Crippen molar-refractivity contribution in [1.82, 2.24) is 0 Å². The van der Waals surface area contributed by atoms with E-state index in [2.05, 4.69) is 56.0 Å². The van der Waals surface area contributed by atoms with Gasteiger partial charge in [0.25, 0.3) is 0 Å². The van der Waals surface area contributed by atoms with E-state index < -0.39 is 5.72 Å². The second kappa shape index (κ2) is 15.1. The predicted molar refractivity (Wildman–Crippen MR) is 173 cm³/mol. The molecule has 0 saturated carbocycles. The molecule has 4 rings (SSSR count). The third-order valence-corrected chi connectivity index (χ3v) is 9.37. The molecule has 2 heterocycles. The van der Waals surface area contributed by atoms with Crippen molar-refractivity contribution in [3.8, 4) is 5.75 Å². The number of rotatable bonds is 18. The Morgan fingerprint density at radius 2 is 1.34 bits per heavy atom. The molecule has 2 aromatic carbocycles. The Morgan fingerprint density at radius 1 is 0.780 bits per heavy atom. The molecule has 0 amide bonds. The van der Waals surface area contributed by atoms with E-state index in [1.807, 2.05) is 6.08 Å². The van der Waals surface area contributed by atoms with Gasteiger partial charge in [-0.1, -0.05) is 121 Å². The van der Waals surface area contributed by atoms with Gasteiger partial charge in [0.2, 0.25) is 5.72 Å². The fourth-order valence-electron chi connectivity index (χ4n) is 6.81. The number of hydrogen-bond donors (Lipinski definition) is 1. The van der Waals surface area contributed by atoms with Crippen LogP contribution in [0.25, 0.3) is 6.08 Å². The number of ether oxygens (including phenoxy) is 1. The van der Waals surface area contributed by atoms with Gasteiger partial charge in [-0.25, -0.2) is 0 Å². The van der Waals surface area contributed by atoms with E-state index in [-0.39, 0.29) is 16.3 Å². The van der Waals surface area contributed by atoms with Crippen LogP contribution in [0.1, 0.15) is 135 Å². The van der Waals surface area contributed by atoms with Crippen molar-refractivity contribution in [2.75, 3.05) is 16.7 Å². The molecule has 41 heavy (non-hydrogen) atoms. The number of hydrogen-bond acceptors (Lipinski definition) is 5. The quantitative estimate of drug-likeness (QED) is 0.145. The maximum atomic E-state index is 11.4. The number of fused-ring (bicyclic) bond motifs is 2. The van der Waals surface area contributed by atoms with Crippen LogP contribution in [0.3, 0.4) is 0 Å². The van der Waals surface area contributed by atoms with Gasteiger partial charge >= 0.3 is 0 Å². The summed E-state index contributed by atoms with van der Waals surface area (Å²) in [6.45, 7) is 7.74. The Labute approximate surface area is 249 Å². The lowest BCUT2D eigenvalue weighted by atomic mass is 9.76. The normalized spacial score (nSPS) is 18.4. The molecule has 2 aliphatic heterocycles. The van der Waals surface area contributed by atoms with Crippen LogP contribution in [0.15, 0.2) is 48.5 Å². The third-order valence-electron chi connectivity index (χ3n) is 9.37. The van der Waals surface area contributed by atoms with Crippen molar-refractivity contribution in [2.24, 2.45) is 0 Å². The smallest absolute Gasteiger partial charge is 0.212 e. The standard InChI is InChI=1S/C36H53N2O3/c1-4-5-6-7-8-9-10-11-12-13-14-15-16-17-18-21-28-37-33-23-20-19-22-32(33)35(2,3)36(37)27-26-30-29-31(38(39)40)24-25-34(30)41-36/h19-20,22-27,29,39H,4-18,21,28H2,1-3H3/q-1. The topological polar surface area (TPSA) is 59.0 Å². The summed E-state index contributed by atoms with van der Waals surface area (Å²) in [4.78, 5) is 2.45. The summed E-state index contributed by atoms with van der Waals surface area (Å²) >= 11 is 0. The SMILES string of the molecule is CCCCCCCCCCCCCCCCCCN1c2ccccc2C(C)(C)C12C=Cc1cc(N([O-])O)ccc1O2. The number of anilines is 2. The van der Waals surface area contributed by atoms with Crippen LogP contribution < -0.4 is 14.9 Å². The van der Waals surface area contributed by atoms with Gasteiger partial charge in [-0.05, 0) is 62.2 Å². The molecule has 2 aromatic rings. The van der Waals surface area contributed by atoms with Crippen molar-refractivity contribution in [1.29, 1.82) is 0 Å². The lowest BCUT2D eigenvalue weighted by molar-refractivity contribution is 0.0531. The molecule has 5 heteroatoms. The van der Waals surface area contributed by atoms with E-state index >= 15 is 0 Å². The average molecular weight is 562 g/mol. The second-order valence-corrected chi connectivity index (χ2v) is 12.7. The molecule has 0 bridgehead atoms. The summed E-state index contributed by atoms with van der Waals surface area (Å²) in [6, 6.07) is 13.7. The van der Waals surface area contributed by atoms with Crippen molar-refractivity contribution in [3.63, 3.8) is 0 Å². The summed E-state index contributed by atoms with van der Waals surface area (Å²) in [6.07, 6.45) is 26.0. The zero-order valence-electron chi connectivity index (χ0n) is 25.9. The summed E-state index contributed by atoms with van der Waals surface area (Å²) in [5, 5.41) is 20.7. The summed E-state index contributed by atoms with van der Waals surface area (Å²) in [7, 11) is 0. The maximum Gasteiger partial charge on any atom is 0.212 e. The minimum Gasteiger partial charge on any atom is -0.733 e. The summed E-state index contributed by atoms with van der Waals surface area (Å²) in [5.41, 5.74) is 2.63. The van der Waals surface area contributed by atoms with Crippen LogP contribution in [0, 0.1) is 5.21 Å². The van der Waals surface area contributed by atoms with Gasteiger partial charge in [-0.2, -0.15) is 0 Å². The molecule has 0 aromatic heterocycles. The molecule has 0 radical (unpaired) electrons. The Balaban J connectivity index is 1.22. The first-order valence-corrected chi connectivity index (χ1v) is 16.5. The van der Waals surface area contributed by atoms with Crippen LogP contribution >= 0.6 is 0 Å². The Kier molecular flexibility index (Phi) is 11.6. The monoisotopic (exact) mass is 561 g/mol. The van der Waals surface area contributed by atoms with E-state index in [4.69, 9.17) is 4.74 Å². The fourth-order valence-corrected chi connectivity index (χ4v) is 6.81. The van der Waals surface area contributed by atoms with E-state index in [9.17, 15) is 10.4 Å². The van der Waals surface area contributed by atoms with E-state index in [1.165, 1.54) is 108 Å². The van der Waals surface area contributed by atoms with Crippen LogP contribution in [0.4, 0.5) is 11.4 Å². The van der Waals surface area contributed by atoms with Crippen molar-refractivity contribution in [2.45, 2.75) is 135 Å². The largest absolute Gasteiger partial charge is 0.733 e. The molecule has 1 unspecified atom stereocenters. The Bertz CT molecular complexity index is 1110. The molecular formula is C36H53N2O3-. The van der Waals surface area contributed by atoms with Crippen LogP contribution in [0.5, 0.6) is 5.75 Å². The molecule has 1 N–H and O–H groups in total. The highest BCUT2D eigenvalue weighted by Gasteiger charge is 2.58. The molecule has 1 atom stereocenters. The molecular weight excluding hydrogens is 508 g/mol. The zero-order valence-corrected chi connectivity index (χ0v) is 25.9. The van der Waals surface area contributed by atoms with Crippen molar-refractivity contribution in [3.05, 3.63) is 64.9 Å². The minimum absolute atomic E-state index is 0.0998. The van der Waals surface area contributed by atoms with Crippen LogP contribution in [0.2, 0.25) is 0 Å². The molecule has 0 aliphatic carbocycles. The average Bonchev–Trinajstić information content (AvgIpc) is 3.15. The highest BCUT2D eigenvalue weighted by molar-refractivity contribution is 5.73. The highest BCUT2D eigenvalue weighted by Crippen LogP contribution is 2.55. The molecule has 2 aliphatic rings. The third kappa shape index (κ3) is 7.48. The minimum atomic E-state index is -0.642. The van der Waals surface area contributed by atoms with E-state index in [0.29, 0.717) is 0 Å². The van der Waals surface area contributed by atoms with Crippen LogP contribution in [-0.4, -0.2) is 17.5 Å². The molecule has 5 nitrogen and oxygen atoms in total. The highest BCUT2D eigenvalue weighted by atomic mass is 16.8. The van der Waals surface area contributed by atoms with Gasteiger partial charge in [0.1, 0.15) is 5.75 Å². The van der Waals surface area contributed by atoms with Gasteiger partial charge in [0.15, 0.2) is 0 Å². The molecule has 226 valence electrons. The number of benzene rings is 2. The van der Waals surface area contributed by atoms with Gasteiger partial charge in [-0.3, -0.25) is 5.21 Å². The summed E-state index contributed by atoms with van der Waals surface area (Å²) < 4.78 is 6.84. The maximum absolute atomic E-state index is 11.4. The number of nitrogens with zero attached hydrogens (tertiary/aromatic N) is 2. The lowest BCUT2D eigenvalue weighted by Crippen LogP contribution is -2.59. The first-order valence-electron chi connectivity index (χ1n) is 16.5. The first-order chi connectivity index (χ1) is 19.9. The summed E-state index contributed by atoms with van der Waals surface area (Å²) in [5.74, 6) is 0.732. The van der Waals surface area contributed by atoms with Gasteiger partial charge in [-0.15, -0.1) is 0 Å². The first kappa shape index (κ1) is 31.4. The Hall–Kier alpha value is -2.50. The zero-order chi connectivity index (χ0) is 29.1. The molecule has 1 spiro atoms. The Morgan fingerprint density at radius 3 is 1.93 bits per heavy atom. The molecule has 0 saturated heterocycles. The van der Waals surface area contributed by atoms with E-state index in [1.54, 1.807) is 18.2 Å².